The monoisotopic (exact) mass is 152 g/mol. The summed E-state index contributed by atoms with van der Waals surface area (Å²) in [6.45, 7) is 0.171. The van der Waals surface area contributed by atoms with Crippen molar-refractivity contribution in [1.82, 2.24) is 0 Å². The highest BCUT2D eigenvalue weighted by Gasteiger charge is 2.23. The van der Waals surface area contributed by atoms with Gasteiger partial charge in [0.1, 0.15) is 4.86 Å². The summed E-state index contributed by atoms with van der Waals surface area (Å²) in [5.41, 5.74) is 0. The summed E-state index contributed by atoms with van der Waals surface area (Å²) in [4.78, 5) is -0.171. The molecule has 0 N–H and O–H groups in total. The second-order valence-corrected chi connectivity index (χ2v) is 2.63. The number of ether oxygens (including phenoxy) is 1. The molecule has 1 saturated heterocycles. The van der Waals surface area contributed by atoms with Crippen LogP contribution in [0.5, 0.6) is 0 Å². The molecule has 0 aliphatic carbocycles. The number of alkyl halides is 1. The molecule has 0 radical (unpaired) electrons. The molecular weight excluding hydrogens is 147 g/mol. The molecule has 9 heavy (non-hydrogen) atoms. The normalized spacial score (nSPS) is 26.8. The fourth-order valence-corrected chi connectivity index (χ4v) is 1.10. The SMILES string of the molecule is O=S(=O)=C1CCOC1F. The lowest BCUT2D eigenvalue weighted by molar-refractivity contribution is 0.0415. The minimum absolute atomic E-state index is 0.171. The van der Waals surface area contributed by atoms with E-state index in [1.807, 2.05) is 0 Å². The maximum Gasteiger partial charge on any atom is 0.235 e. The van der Waals surface area contributed by atoms with Crippen LogP contribution >= 0.6 is 0 Å². The van der Waals surface area contributed by atoms with E-state index in [1.54, 1.807) is 0 Å². The van der Waals surface area contributed by atoms with E-state index in [9.17, 15) is 12.8 Å². The van der Waals surface area contributed by atoms with Crippen molar-refractivity contribution < 1.29 is 17.5 Å². The average Bonchev–Trinajstić information content (AvgIpc) is 2.13. The molecule has 0 aromatic heterocycles. The van der Waals surface area contributed by atoms with Gasteiger partial charge in [-0.1, -0.05) is 0 Å². The lowest BCUT2D eigenvalue weighted by Crippen LogP contribution is -2.08. The van der Waals surface area contributed by atoms with Crippen LogP contribution < -0.4 is 0 Å². The van der Waals surface area contributed by atoms with Crippen LogP contribution in [0.25, 0.3) is 0 Å². The Labute approximate surface area is 53.0 Å². The van der Waals surface area contributed by atoms with Gasteiger partial charge < -0.3 is 4.74 Å². The van der Waals surface area contributed by atoms with Crippen LogP contribution in [-0.4, -0.2) is 26.2 Å². The van der Waals surface area contributed by atoms with Crippen LogP contribution in [-0.2, 0) is 15.0 Å². The first-order valence-electron chi connectivity index (χ1n) is 2.42. The first kappa shape index (κ1) is 6.70. The molecule has 0 bridgehead atoms. The lowest BCUT2D eigenvalue weighted by atomic mass is 10.4. The zero-order chi connectivity index (χ0) is 6.85. The van der Waals surface area contributed by atoms with Crippen molar-refractivity contribution >= 4 is 15.2 Å². The largest absolute Gasteiger partial charge is 0.344 e. The van der Waals surface area contributed by atoms with E-state index in [-0.39, 0.29) is 17.9 Å². The maximum atomic E-state index is 12.2. The van der Waals surface area contributed by atoms with E-state index in [0.29, 0.717) is 0 Å². The first-order valence-corrected chi connectivity index (χ1v) is 3.50. The molecule has 52 valence electrons. The molecule has 1 unspecified atom stereocenters. The van der Waals surface area contributed by atoms with Crippen LogP contribution in [0.2, 0.25) is 0 Å². The van der Waals surface area contributed by atoms with E-state index >= 15 is 0 Å². The van der Waals surface area contributed by atoms with Crippen molar-refractivity contribution in [2.75, 3.05) is 6.61 Å². The fraction of sp³-hybridized carbons (Fsp3) is 0.750. The summed E-state index contributed by atoms with van der Waals surface area (Å²) in [6, 6.07) is 0. The molecule has 5 heteroatoms. The zero-order valence-corrected chi connectivity index (χ0v) is 5.32. The first-order chi connectivity index (χ1) is 4.22. The summed E-state index contributed by atoms with van der Waals surface area (Å²) in [7, 11) is -2.40. The third kappa shape index (κ3) is 1.28. The number of rotatable bonds is 0. The van der Waals surface area contributed by atoms with E-state index in [2.05, 4.69) is 4.74 Å². The quantitative estimate of drug-likeness (QED) is 0.450. The van der Waals surface area contributed by atoms with Gasteiger partial charge in [0.15, 0.2) is 0 Å². The number of hydrogen-bond donors (Lipinski definition) is 0. The Morgan fingerprint density at radius 1 is 1.67 bits per heavy atom. The molecule has 1 fully saturated rings. The van der Waals surface area contributed by atoms with Gasteiger partial charge in [-0.3, -0.25) is 0 Å². The zero-order valence-electron chi connectivity index (χ0n) is 4.50. The fourth-order valence-electron chi connectivity index (χ4n) is 0.628. The predicted molar refractivity (Wildman–Crippen MR) is 29.4 cm³/mol. The second-order valence-electron chi connectivity index (χ2n) is 1.64. The Morgan fingerprint density at radius 3 is 2.56 bits per heavy atom. The molecule has 0 amide bonds. The van der Waals surface area contributed by atoms with Gasteiger partial charge in [-0.15, -0.1) is 0 Å². The van der Waals surface area contributed by atoms with Gasteiger partial charge in [0.2, 0.25) is 16.7 Å². The molecule has 1 heterocycles. The molecule has 0 saturated carbocycles. The van der Waals surface area contributed by atoms with Gasteiger partial charge in [-0.05, 0) is 0 Å². The van der Waals surface area contributed by atoms with Gasteiger partial charge in [0.05, 0.1) is 6.61 Å². The van der Waals surface area contributed by atoms with Gasteiger partial charge in [0.25, 0.3) is 0 Å². The van der Waals surface area contributed by atoms with Crippen molar-refractivity contribution in [3.8, 4) is 0 Å². The van der Waals surface area contributed by atoms with Crippen molar-refractivity contribution in [2.24, 2.45) is 0 Å². The molecule has 3 nitrogen and oxygen atoms in total. The highest BCUT2D eigenvalue weighted by Crippen LogP contribution is 2.08. The molecular formula is C4H5FO3S. The van der Waals surface area contributed by atoms with Gasteiger partial charge in [-0.25, -0.2) is 4.39 Å². The average molecular weight is 152 g/mol. The van der Waals surface area contributed by atoms with Crippen molar-refractivity contribution in [2.45, 2.75) is 12.8 Å². The lowest BCUT2D eigenvalue weighted by Gasteiger charge is -1.91. The molecule has 1 aliphatic heterocycles. The summed E-state index contributed by atoms with van der Waals surface area (Å²) < 4.78 is 36.6. The standard InChI is InChI=1S/C4H5FO3S/c5-4-3(9(6)7)1-2-8-4/h4H,1-2H2. The minimum Gasteiger partial charge on any atom is -0.344 e. The third-order valence-electron chi connectivity index (χ3n) is 1.08. The smallest absolute Gasteiger partial charge is 0.235 e. The van der Waals surface area contributed by atoms with Crippen LogP contribution in [0.4, 0.5) is 4.39 Å². The Hall–Kier alpha value is -0.420. The predicted octanol–water partition coefficient (Wildman–Crippen LogP) is -0.246. The molecule has 1 atom stereocenters. The van der Waals surface area contributed by atoms with Gasteiger partial charge in [-0.2, -0.15) is 8.42 Å². The van der Waals surface area contributed by atoms with E-state index in [1.165, 1.54) is 0 Å². The Morgan fingerprint density at radius 2 is 2.33 bits per heavy atom. The third-order valence-corrected chi connectivity index (χ3v) is 1.90. The summed E-state index contributed by atoms with van der Waals surface area (Å²) >= 11 is 0. The maximum absolute atomic E-state index is 12.2. The Bertz CT molecular complexity index is 222. The van der Waals surface area contributed by atoms with Crippen LogP contribution in [0, 0.1) is 0 Å². The second kappa shape index (κ2) is 2.45. The highest BCUT2D eigenvalue weighted by atomic mass is 32.2. The molecule has 1 rings (SSSR count). The van der Waals surface area contributed by atoms with Gasteiger partial charge in [0, 0.05) is 6.42 Å². The highest BCUT2D eigenvalue weighted by molar-refractivity contribution is 7.73. The van der Waals surface area contributed by atoms with Crippen molar-refractivity contribution in [1.29, 1.82) is 0 Å². The number of hydrogen-bond acceptors (Lipinski definition) is 3. The topological polar surface area (TPSA) is 43.4 Å². The van der Waals surface area contributed by atoms with E-state index < -0.39 is 16.7 Å². The van der Waals surface area contributed by atoms with Gasteiger partial charge >= 0.3 is 0 Å². The van der Waals surface area contributed by atoms with Crippen molar-refractivity contribution in [3.05, 3.63) is 0 Å². The molecule has 0 aromatic rings. The van der Waals surface area contributed by atoms with Crippen molar-refractivity contribution in [3.63, 3.8) is 0 Å². The molecule has 0 aromatic carbocycles. The van der Waals surface area contributed by atoms with E-state index in [4.69, 9.17) is 0 Å². The minimum atomic E-state index is -2.40. The summed E-state index contributed by atoms with van der Waals surface area (Å²) in [5, 5.41) is 0. The Kier molecular flexibility index (Phi) is 1.82. The summed E-state index contributed by atoms with van der Waals surface area (Å²) in [6.07, 6.45) is -1.50. The van der Waals surface area contributed by atoms with Crippen LogP contribution in [0.1, 0.15) is 6.42 Å². The summed E-state index contributed by atoms with van der Waals surface area (Å²) in [5.74, 6) is 0. The molecule has 1 aliphatic rings. The van der Waals surface area contributed by atoms with Crippen LogP contribution in [0.15, 0.2) is 0 Å². The number of halogens is 1. The van der Waals surface area contributed by atoms with Crippen LogP contribution in [0.3, 0.4) is 0 Å². The van der Waals surface area contributed by atoms with E-state index in [0.717, 1.165) is 0 Å². The molecule has 0 spiro atoms. The Balaban J connectivity index is 2.97.